The Kier molecular flexibility index (Phi) is 10.6. The Morgan fingerprint density at radius 1 is 0.974 bits per heavy atom. The van der Waals surface area contributed by atoms with Crippen LogP contribution in [0.15, 0.2) is 75.7 Å². The maximum Gasteiger partial charge on any atom is 1.00 e. The van der Waals surface area contributed by atoms with Gasteiger partial charge in [0.25, 0.3) is 10.0 Å². The van der Waals surface area contributed by atoms with E-state index in [4.69, 9.17) is 9.47 Å². The molecule has 0 aliphatic rings. The summed E-state index contributed by atoms with van der Waals surface area (Å²) in [6.45, 7) is 2.68. The number of imidazole rings is 1. The first kappa shape index (κ1) is 31.5. The minimum atomic E-state index is -5.14. The van der Waals surface area contributed by atoms with Crippen molar-refractivity contribution in [1.82, 2.24) is 13.9 Å². The molecule has 39 heavy (non-hydrogen) atoms. The molecular formula is C24H24N3NaO8S3. The number of para-hydroxylation sites is 2. The Morgan fingerprint density at radius 3 is 2.33 bits per heavy atom. The standard InChI is InChI=1S/C24H25N3O8S3.Na/c1-17-19(25-13-12-21(17)35-15-7-14-34-2)16-36(28)24-26-18-8-3-4-9-20(18)27(24)37(29,30)22-10-5-6-11-23(22)38(31,32)33;/h3-6,8-13H,7,14-16H2,1-2H3,(H,31,32,33);/q;+1/p-1. The predicted octanol–water partition coefficient (Wildman–Crippen LogP) is -0.392. The van der Waals surface area contributed by atoms with E-state index in [0.717, 1.165) is 16.1 Å². The quantitative estimate of drug-likeness (QED) is 0.0957. The topological polar surface area (TPSA) is 164 Å². The Labute approximate surface area is 251 Å². The van der Waals surface area contributed by atoms with Crippen LogP contribution in [-0.4, -0.2) is 60.2 Å². The van der Waals surface area contributed by atoms with Crippen molar-refractivity contribution >= 4 is 42.4 Å². The van der Waals surface area contributed by atoms with Crippen molar-refractivity contribution in [3.05, 3.63) is 72.1 Å². The molecule has 0 N–H and O–H groups in total. The van der Waals surface area contributed by atoms with Gasteiger partial charge in [0.15, 0.2) is 5.75 Å². The zero-order valence-electron chi connectivity index (χ0n) is 21.4. The first-order chi connectivity index (χ1) is 18.1. The second-order valence-corrected chi connectivity index (χ2v) is 12.6. The molecule has 11 nitrogen and oxygen atoms in total. The minimum Gasteiger partial charge on any atom is -0.744 e. The van der Waals surface area contributed by atoms with Crippen molar-refractivity contribution < 1.29 is 65.0 Å². The van der Waals surface area contributed by atoms with Crippen LogP contribution >= 0.6 is 0 Å². The van der Waals surface area contributed by atoms with Gasteiger partial charge in [0.1, 0.15) is 20.8 Å². The molecule has 1 atom stereocenters. The van der Waals surface area contributed by atoms with Crippen molar-refractivity contribution in [2.75, 3.05) is 20.3 Å². The van der Waals surface area contributed by atoms with E-state index in [1.54, 1.807) is 32.2 Å². The molecule has 0 aliphatic heterocycles. The van der Waals surface area contributed by atoms with Crippen LogP contribution in [0.2, 0.25) is 0 Å². The number of hydrogen-bond donors (Lipinski definition) is 0. The molecule has 1 unspecified atom stereocenters. The second-order valence-electron chi connectivity index (χ2n) is 8.12. The molecule has 2 aromatic heterocycles. The molecule has 0 radical (unpaired) electrons. The number of ether oxygens (including phenoxy) is 2. The Hall–Kier alpha value is -2.01. The maximum atomic E-state index is 13.8. The summed E-state index contributed by atoms with van der Waals surface area (Å²) in [6, 6.07) is 12.3. The summed E-state index contributed by atoms with van der Waals surface area (Å²) < 4.78 is 88.2. The molecule has 202 valence electrons. The number of methoxy groups -OCH3 is 1. The summed E-state index contributed by atoms with van der Waals surface area (Å²) in [6.07, 6.45) is 2.17. The van der Waals surface area contributed by atoms with Crippen LogP contribution in [0.4, 0.5) is 0 Å². The van der Waals surface area contributed by atoms with Gasteiger partial charge in [0, 0.05) is 43.1 Å². The fourth-order valence-electron chi connectivity index (χ4n) is 3.76. The first-order valence-corrected chi connectivity index (χ1v) is 15.4. The summed E-state index contributed by atoms with van der Waals surface area (Å²) in [4.78, 5) is 6.94. The maximum absolute atomic E-state index is 13.8. The van der Waals surface area contributed by atoms with Crippen LogP contribution in [-0.2, 0) is 41.8 Å². The van der Waals surface area contributed by atoms with Gasteiger partial charge in [-0.05, 0) is 37.3 Å². The van der Waals surface area contributed by atoms with E-state index in [1.165, 1.54) is 30.5 Å². The molecule has 2 aromatic carbocycles. The van der Waals surface area contributed by atoms with Gasteiger partial charge in [-0.3, -0.25) is 4.98 Å². The van der Waals surface area contributed by atoms with Gasteiger partial charge in [-0.1, -0.05) is 24.3 Å². The molecular weight excluding hydrogens is 577 g/mol. The zero-order valence-corrected chi connectivity index (χ0v) is 25.9. The third kappa shape index (κ3) is 6.84. The molecule has 0 saturated carbocycles. The predicted molar refractivity (Wildman–Crippen MR) is 138 cm³/mol. The minimum absolute atomic E-state index is 0. The number of nitrogens with zero attached hydrogens (tertiary/aromatic N) is 3. The number of pyridine rings is 1. The van der Waals surface area contributed by atoms with E-state index in [9.17, 15) is 25.9 Å². The number of fused-ring (bicyclic) bond motifs is 1. The van der Waals surface area contributed by atoms with E-state index >= 15 is 0 Å². The van der Waals surface area contributed by atoms with E-state index in [-0.39, 0.29) is 51.5 Å². The largest absolute Gasteiger partial charge is 1.00 e. The molecule has 0 amide bonds. The number of aromatic nitrogens is 3. The van der Waals surface area contributed by atoms with Gasteiger partial charge < -0.3 is 18.6 Å². The zero-order chi connectivity index (χ0) is 27.5. The SMILES string of the molecule is COCCCOc1ccnc(C[S+]([O-])c2nc3ccccc3n2S(=O)(=O)c2ccccc2S(=O)(=O)[O-])c1C.[Na+]. The normalized spacial score (nSPS) is 12.7. The molecule has 0 aliphatic carbocycles. The average molecular weight is 602 g/mol. The average Bonchev–Trinajstić information content (AvgIpc) is 3.29. The van der Waals surface area contributed by atoms with Gasteiger partial charge in [0.05, 0.1) is 28.2 Å². The molecule has 15 heteroatoms. The van der Waals surface area contributed by atoms with Crippen LogP contribution in [0.1, 0.15) is 17.7 Å². The Morgan fingerprint density at radius 2 is 1.64 bits per heavy atom. The van der Waals surface area contributed by atoms with Gasteiger partial charge in [0.2, 0.25) is 0 Å². The number of rotatable bonds is 11. The first-order valence-electron chi connectivity index (χ1n) is 11.3. The third-order valence-electron chi connectivity index (χ3n) is 5.61. The van der Waals surface area contributed by atoms with Gasteiger partial charge in [-0.2, -0.15) is 8.96 Å². The third-order valence-corrected chi connectivity index (χ3v) is 9.73. The van der Waals surface area contributed by atoms with Crippen molar-refractivity contribution in [1.29, 1.82) is 0 Å². The van der Waals surface area contributed by atoms with Crippen LogP contribution in [0.3, 0.4) is 0 Å². The van der Waals surface area contributed by atoms with Crippen LogP contribution in [0.25, 0.3) is 11.0 Å². The van der Waals surface area contributed by atoms with E-state index in [2.05, 4.69) is 9.97 Å². The smallest absolute Gasteiger partial charge is 0.744 e. The van der Waals surface area contributed by atoms with Crippen molar-refractivity contribution in [2.24, 2.45) is 0 Å². The second kappa shape index (κ2) is 13.1. The van der Waals surface area contributed by atoms with E-state index in [0.29, 0.717) is 36.6 Å². The van der Waals surface area contributed by atoms with Crippen molar-refractivity contribution in [2.45, 2.75) is 34.0 Å². The van der Waals surface area contributed by atoms with Crippen LogP contribution in [0, 0.1) is 6.92 Å². The summed E-state index contributed by atoms with van der Waals surface area (Å²) in [7, 11) is -8.26. The van der Waals surface area contributed by atoms with Gasteiger partial charge in [-0.15, -0.1) is 0 Å². The number of benzene rings is 2. The van der Waals surface area contributed by atoms with E-state index < -0.39 is 41.1 Å². The molecule has 0 fully saturated rings. The monoisotopic (exact) mass is 601 g/mol. The molecule has 0 saturated heterocycles. The van der Waals surface area contributed by atoms with Crippen molar-refractivity contribution in [3.63, 3.8) is 0 Å². The fraction of sp³-hybridized carbons (Fsp3) is 0.250. The summed E-state index contributed by atoms with van der Waals surface area (Å²) in [5.41, 5.74) is 1.34. The van der Waals surface area contributed by atoms with E-state index in [1.807, 2.05) is 0 Å². The fourth-order valence-corrected chi connectivity index (χ4v) is 8.07. The molecule has 4 aromatic rings. The summed E-state index contributed by atoms with van der Waals surface area (Å²) in [5.74, 6) is 0.348. The molecule has 2 heterocycles. The van der Waals surface area contributed by atoms with Gasteiger partial charge in [-0.25, -0.2) is 16.8 Å². The molecule has 4 rings (SSSR count). The van der Waals surface area contributed by atoms with Crippen LogP contribution < -0.4 is 34.3 Å². The summed E-state index contributed by atoms with van der Waals surface area (Å²) in [5, 5.41) is -0.336. The van der Waals surface area contributed by atoms with Crippen molar-refractivity contribution in [3.8, 4) is 5.75 Å². The Bertz CT molecular complexity index is 1680. The molecule has 0 bridgehead atoms. The van der Waals surface area contributed by atoms with Crippen LogP contribution in [0.5, 0.6) is 5.75 Å². The van der Waals surface area contributed by atoms with Gasteiger partial charge >= 0.3 is 34.7 Å². The Balaban J connectivity index is 0.00000420. The number of hydrogen-bond acceptors (Lipinski definition) is 10. The summed E-state index contributed by atoms with van der Waals surface area (Å²) >= 11 is -2.05. The molecule has 0 spiro atoms.